The Hall–Kier alpha value is -3.24. The molecule has 30 heavy (non-hydrogen) atoms. The highest BCUT2D eigenvalue weighted by Gasteiger charge is 2.27. The number of anilines is 1. The van der Waals surface area contributed by atoms with Gasteiger partial charge in [-0.15, -0.1) is 0 Å². The Bertz CT molecular complexity index is 1120. The summed E-state index contributed by atoms with van der Waals surface area (Å²) in [7, 11) is 0. The number of hydrogen-bond donors (Lipinski definition) is 2. The van der Waals surface area contributed by atoms with Crippen molar-refractivity contribution in [1.82, 2.24) is 10.4 Å². The van der Waals surface area contributed by atoms with E-state index in [2.05, 4.69) is 35.0 Å². The summed E-state index contributed by atoms with van der Waals surface area (Å²) in [5, 5.41) is 5.35. The number of hydrogen-bond acceptors (Lipinski definition) is 2. The van der Waals surface area contributed by atoms with E-state index >= 15 is 0 Å². The van der Waals surface area contributed by atoms with Gasteiger partial charge in [0, 0.05) is 16.3 Å². The molecular weight excluding hydrogens is 394 g/mol. The maximum atomic E-state index is 13.0. The summed E-state index contributed by atoms with van der Waals surface area (Å²) in [6.45, 7) is 0.471. The van der Waals surface area contributed by atoms with E-state index in [4.69, 9.17) is 11.6 Å². The van der Waals surface area contributed by atoms with Gasteiger partial charge in [-0.05, 0) is 65.8 Å². The second-order valence-electron chi connectivity index (χ2n) is 7.69. The van der Waals surface area contributed by atoms with Crippen molar-refractivity contribution >= 4 is 34.6 Å². The molecule has 2 amide bonds. The van der Waals surface area contributed by atoms with E-state index in [1.54, 1.807) is 5.01 Å². The third kappa shape index (κ3) is 3.66. The fraction of sp³-hybridized carbons (Fsp3) is 0.160. The molecule has 4 nitrogen and oxygen atoms in total. The second kappa shape index (κ2) is 7.88. The molecule has 0 radical (unpaired) electrons. The number of hydrazine groups is 1. The lowest BCUT2D eigenvalue weighted by Crippen LogP contribution is -2.40. The number of halogens is 1. The molecule has 5 heteroatoms. The standard InChI is InChI=1S/C25H22ClN3O/c26-21-12-9-19(10-13-21)24-23(18-5-2-1-3-6-18)16-29(28-24)25(30)27-22-14-11-17-7-4-8-20(17)15-22/h1-3,5-6,9-15,28H,4,7-8,16H2,(H,27,30). The van der Waals surface area contributed by atoms with Crippen molar-refractivity contribution in [3.8, 4) is 0 Å². The molecule has 0 saturated carbocycles. The average Bonchev–Trinajstić information content (AvgIpc) is 3.42. The summed E-state index contributed by atoms with van der Waals surface area (Å²) in [6, 6.07) is 23.8. The van der Waals surface area contributed by atoms with Crippen LogP contribution in [-0.2, 0) is 12.8 Å². The highest BCUT2D eigenvalue weighted by atomic mass is 35.5. The molecule has 2 aliphatic rings. The fourth-order valence-corrected chi connectivity index (χ4v) is 4.30. The van der Waals surface area contributed by atoms with Gasteiger partial charge in [-0.1, -0.05) is 60.1 Å². The Morgan fingerprint density at radius 3 is 2.47 bits per heavy atom. The molecule has 5 rings (SSSR count). The molecule has 1 aliphatic heterocycles. The smallest absolute Gasteiger partial charge is 0.306 e. The number of benzene rings is 3. The predicted molar refractivity (Wildman–Crippen MR) is 122 cm³/mol. The highest BCUT2D eigenvalue weighted by molar-refractivity contribution is 6.30. The van der Waals surface area contributed by atoms with E-state index in [1.165, 1.54) is 17.5 Å². The van der Waals surface area contributed by atoms with Crippen molar-refractivity contribution in [3.05, 3.63) is 100 Å². The van der Waals surface area contributed by atoms with Crippen LogP contribution in [0.25, 0.3) is 11.3 Å². The third-order valence-electron chi connectivity index (χ3n) is 5.71. The van der Waals surface area contributed by atoms with Gasteiger partial charge in [0.05, 0.1) is 12.2 Å². The van der Waals surface area contributed by atoms with E-state index in [0.717, 1.165) is 40.9 Å². The van der Waals surface area contributed by atoms with Crippen molar-refractivity contribution in [1.29, 1.82) is 0 Å². The molecule has 0 aromatic heterocycles. The van der Waals surface area contributed by atoms with Gasteiger partial charge in [0.1, 0.15) is 0 Å². The number of aryl methyl sites for hydroxylation is 2. The summed E-state index contributed by atoms with van der Waals surface area (Å²) in [5.41, 5.74) is 10.9. The van der Waals surface area contributed by atoms with Gasteiger partial charge in [0.15, 0.2) is 0 Å². The Balaban J connectivity index is 1.40. The Labute approximate surface area is 181 Å². The van der Waals surface area contributed by atoms with Crippen molar-refractivity contribution in [2.24, 2.45) is 0 Å². The van der Waals surface area contributed by atoms with Crippen molar-refractivity contribution < 1.29 is 4.79 Å². The normalized spacial score (nSPS) is 15.2. The van der Waals surface area contributed by atoms with Crippen LogP contribution in [0.1, 0.15) is 28.7 Å². The van der Waals surface area contributed by atoms with Gasteiger partial charge in [-0.3, -0.25) is 5.43 Å². The number of carbonyl (C=O) groups is 1. The minimum atomic E-state index is -0.176. The van der Waals surface area contributed by atoms with Crippen LogP contribution in [0.4, 0.5) is 10.5 Å². The van der Waals surface area contributed by atoms with Gasteiger partial charge >= 0.3 is 6.03 Å². The molecule has 3 aromatic rings. The predicted octanol–water partition coefficient (Wildman–Crippen LogP) is 5.75. The number of carbonyl (C=O) groups excluding carboxylic acids is 1. The van der Waals surface area contributed by atoms with Gasteiger partial charge in [0.2, 0.25) is 0 Å². The molecule has 0 atom stereocenters. The number of nitrogens with one attached hydrogen (secondary N) is 2. The monoisotopic (exact) mass is 415 g/mol. The Morgan fingerprint density at radius 2 is 1.67 bits per heavy atom. The number of urea groups is 1. The van der Waals surface area contributed by atoms with Crippen molar-refractivity contribution in [2.45, 2.75) is 19.3 Å². The number of rotatable bonds is 3. The molecule has 1 heterocycles. The van der Waals surface area contributed by atoms with Crippen LogP contribution in [0, 0.1) is 0 Å². The van der Waals surface area contributed by atoms with E-state index in [1.807, 2.05) is 48.5 Å². The first-order valence-electron chi connectivity index (χ1n) is 10.2. The van der Waals surface area contributed by atoms with E-state index < -0.39 is 0 Å². The van der Waals surface area contributed by atoms with Crippen LogP contribution in [-0.4, -0.2) is 17.6 Å². The molecule has 3 aromatic carbocycles. The number of fused-ring (bicyclic) bond motifs is 1. The minimum absolute atomic E-state index is 0.176. The zero-order valence-corrected chi connectivity index (χ0v) is 17.2. The van der Waals surface area contributed by atoms with Crippen LogP contribution in [0.5, 0.6) is 0 Å². The van der Waals surface area contributed by atoms with Gasteiger partial charge in [-0.2, -0.15) is 0 Å². The minimum Gasteiger partial charge on any atom is -0.306 e. The topological polar surface area (TPSA) is 44.4 Å². The molecule has 0 unspecified atom stereocenters. The lowest BCUT2D eigenvalue weighted by molar-refractivity contribution is 0.210. The first-order valence-corrected chi connectivity index (χ1v) is 10.6. The van der Waals surface area contributed by atoms with Gasteiger partial charge in [0.25, 0.3) is 0 Å². The maximum Gasteiger partial charge on any atom is 0.340 e. The zero-order valence-electron chi connectivity index (χ0n) is 16.5. The zero-order chi connectivity index (χ0) is 20.5. The van der Waals surface area contributed by atoms with Gasteiger partial charge in [-0.25, -0.2) is 9.80 Å². The SMILES string of the molecule is O=C(Nc1ccc2c(c1)CCC2)N1CC(c2ccccc2)=C(c2ccc(Cl)cc2)N1. The van der Waals surface area contributed by atoms with E-state index in [0.29, 0.717) is 11.6 Å². The van der Waals surface area contributed by atoms with E-state index in [9.17, 15) is 4.79 Å². The maximum absolute atomic E-state index is 13.0. The Morgan fingerprint density at radius 1 is 0.900 bits per heavy atom. The fourth-order valence-electron chi connectivity index (χ4n) is 4.17. The molecule has 0 bridgehead atoms. The molecule has 150 valence electrons. The summed E-state index contributed by atoms with van der Waals surface area (Å²) >= 11 is 6.07. The summed E-state index contributed by atoms with van der Waals surface area (Å²) in [4.78, 5) is 13.0. The van der Waals surface area contributed by atoms with Gasteiger partial charge < -0.3 is 5.32 Å². The van der Waals surface area contributed by atoms with Crippen LogP contribution in [0.15, 0.2) is 72.8 Å². The second-order valence-corrected chi connectivity index (χ2v) is 8.13. The first-order chi connectivity index (χ1) is 14.7. The molecule has 1 aliphatic carbocycles. The summed E-state index contributed by atoms with van der Waals surface area (Å²) in [6.07, 6.45) is 3.41. The lowest BCUT2D eigenvalue weighted by atomic mass is 10.0. The van der Waals surface area contributed by atoms with Crippen LogP contribution < -0.4 is 10.7 Å². The molecular formula is C25H22ClN3O. The van der Waals surface area contributed by atoms with Crippen LogP contribution >= 0.6 is 11.6 Å². The highest BCUT2D eigenvalue weighted by Crippen LogP contribution is 2.31. The van der Waals surface area contributed by atoms with Crippen molar-refractivity contribution in [3.63, 3.8) is 0 Å². The van der Waals surface area contributed by atoms with Crippen LogP contribution in [0.3, 0.4) is 0 Å². The quantitative estimate of drug-likeness (QED) is 0.572. The van der Waals surface area contributed by atoms with Crippen molar-refractivity contribution in [2.75, 3.05) is 11.9 Å². The lowest BCUT2D eigenvalue weighted by Gasteiger charge is -2.19. The molecule has 2 N–H and O–H groups in total. The average molecular weight is 416 g/mol. The Kier molecular flexibility index (Phi) is 4.93. The van der Waals surface area contributed by atoms with Crippen LogP contribution in [0.2, 0.25) is 5.02 Å². The third-order valence-corrected chi connectivity index (χ3v) is 5.97. The first kappa shape index (κ1) is 18.8. The largest absolute Gasteiger partial charge is 0.340 e. The molecule has 0 spiro atoms. The number of amides is 2. The molecule has 0 saturated heterocycles. The summed E-state index contributed by atoms with van der Waals surface area (Å²) in [5.74, 6) is 0. The van der Waals surface area contributed by atoms with E-state index in [-0.39, 0.29) is 6.03 Å². The summed E-state index contributed by atoms with van der Waals surface area (Å²) < 4.78 is 0. The molecule has 0 fully saturated rings. The number of nitrogens with zero attached hydrogens (tertiary/aromatic N) is 1.